The van der Waals surface area contributed by atoms with E-state index in [0.717, 1.165) is 5.01 Å². The van der Waals surface area contributed by atoms with Crippen molar-refractivity contribution >= 4 is 22.9 Å². The van der Waals surface area contributed by atoms with Crippen LogP contribution in [0.5, 0.6) is 5.88 Å². The lowest BCUT2D eigenvalue weighted by Gasteiger charge is -2.07. The zero-order valence-electron chi connectivity index (χ0n) is 14.8. The van der Waals surface area contributed by atoms with Crippen LogP contribution in [0.3, 0.4) is 0 Å². The third-order valence-electron chi connectivity index (χ3n) is 3.83. The molecular formula is C18H15FN6O2S. The van der Waals surface area contributed by atoms with Crippen molar-refractivity contribution in [2.75, 3.05) is 13.2 Å². The van der Waals surface area contributed by atoms with E-state index in [4.69, 9.17) is 4.74 Å². The summed E-state index contributed by atoms with van der Waals surface area (Å²) in [5.74, 6) is 0.264. The Morgan fingerprint density at radius 2 is 2.04 bits per heavy atom. The molecule has 142 valence electrons. The fourth-order valence-corrected chi connectivity index (χ4v) is 3.10. The highest BCUT2D eigenvalue weighted by atomic mass is 32.1. The van der Waals surface area contributed by atoms with E-state index in [0.29, 0.717) is 35.2 Å². The number of halogens is 1. The number of hydrogen-bond acceptors (Lipinski definition) is 7. The monoisotopic (exact) mass is 398 g/mol. The maximum Gasteiger partial charge on any atom is 0.270 e. The second-order valence-corrected chi connectivity index (χ2v) is 6.89. The molecule has 0 aliphatic carbocycles. The number of fused-ring (bicyclic) bond motifs is 1. The number of nitrogens with zero attached hydrogens (tertiary/aromatic N) is 5. The molecule has 0 atom stereocenters. The Kier molecular flexibility index (Phi) is 4.94. The number of hydrogen-bond donors (Lipinski definition) is 1. The van der Waals surface area contributed by atoms with Crippen molar-refractivity contribution in [3.8, 4) is 17.3 Å². The third kappa shape index (κ3) is 3.81. The molecule has 4 aromatic rings. The first-order chi connectivity index (χ1) is 13.6. The van der Waals surface area contributed by atoms with Gasteiger partial charge in [-0.2, -0.15) is 4.52 Å². The van der Waals surface area contributed by atoms with Gasteiger partial charge in [0.1, 0.15) is 18.1 Å². The summed E-state index contributed by atoms with van der Waals surface area (Å²) >= 11 is 1.42. The van der Waals surface area contributed by atoms with Gasteiger partial charge in [-0.3, -0.25) is 4.79 Å². The number of benzene rings is 1. The maximum atomic E-state index is 13.1. The molecule has 0 bridgehead atoms. The van der Waals surface area contributed by atoms with Gasteiger partial charge in [-0.25, -0.2) is 9.37 Å². The van der Waals surface area contributed by atoms with E-state index < -0.39 is 0 Å². The SMILES string of the molecule is Cc1nc(C(=O)NCCOc2ccc3nnc(-c4ccc(F)cc4)n3n2)cs1. The summed E-state index contributed by atoms with van der Waals surface area (Å²) in [6.07, 6.45) is 0. The van der Waals surface area contributed by atoms with Crippen molar-refractivity contribution in [2.24, 2.45) is 0 Å². The van der Waals surface area contributed by atoms with Crippen LogP contribution >= 0.6 is 11.3 Å². The zero-order chi connectivity index (χ0) is 19.5. The highest BCUT2D eigenvalue weighted by Crippen LogP contribution is 2.19. The molecule has 0 saturated heterocycles. The predicted molar refractivity (Wildman–Crippen MR) is 101 cm³/mol. The summed E-state index contributed by atoms with van der Waals surface area (Å²) in [4.78, 5) is 16.1. The number of ether oxygens (including phenoxy) is 1. The van der Waals surface area contributed by atoms with E-state index in [1.54, 1.807) is 29.6 Å². The second-order valence-electron chi connectivity index (χ2n) is 5.83. The Morgan fingerprint density at radius 1 is 1.21 bits per heavy atom. The topological polar surface area (TPSA) is 94.3 Å². The molecule has 0 radical (unpaired) electrons. The van der Waals surface area contributed by atoms with Crippen molar-refractivity contribution in [1.82, 2.24) is 30.1 Å². The first-order valence-electron chi connectivity index (χ1n) is 8.42. The van der Waals surface area contributed by atoms with E-state index in [9.17, 15) is 9.18 Å². The second kappa shape index (κ2) is 7.69. The molecule has 1 amide bonds. The largest absolute Gasteiger partial charge is 0.475 e. The van der Waals surface area contributed by atoms with Crippen molar-refractivity contribution in [3.63, 3.8) is 0 Å². The average molecular weight is 398 g/mol. The van der Waals surface area contributed by atoms with E-state index >= 15 is 0 Å². The van der Waals surface area contributed by atoms with Crippen molar-refractivity contribution in [2.45, 2.75) is 6.92 Å². The zero-order valence-corrected chi connectivity index (χ0v) is 15.6. The maximum absolute atomic E-state index is 13.1. The Bertz CT molecular complexity index is 1120. The molecular weight excluding hydrogens is 383 g/mol. The first kappa shape index (κ1) is 18.0. The minimum atomic E-state index is -0.329. The lowest BCUT2D eigenvalue weighted by Crippen LogP contribution is -2.28. The van der Waals surface area contributed by atoms with Crippen LogP contribution in [0.4, 0.5) is 4.39 Å². The van der Waals surface area contributed by atoms with Crippen LogP contribution in [0.1, 0.15) is 15.5 Å². The van der Waals surface area contributed by atoms with Gasteiger partial charge in [-0.15, -0.1) is 26.6 Å². The molecule has 0 aliphatic heterocycles. The highest BCUT2D eigenvalue weighted by Gasteiger charge is 2.11. The van der Waals surface area contributed by atoms with Crippen LogP contribution in [0.25, 0.3) is 17.0 Å². The Hall–Kier alpha value is -3.40. The number of aryl methyl sites for hydroxylation is 1. The molecule has 0 spiro atoms. The average Bonchev–Trinajstić information content (AvgIpc) is 3.32. The van der Waals surface area contributed by atoms with Gasteiger partial charge in [0.25, 0.3) is 5.91 Å². The van der Waals surface area contributed by atoms with Crippen LogP contribution in [0, 0.1) is 12.7 Å². The first-order valence-corrected chi connectivity index (χ1v) is 9.29. The Labute approximate surface area is 163 Å². The van der Waals surface area contributed by atoms with E-state index in [1.807, 2.05) is 6.92 Å². The van der Waals surface area contributed by atoms with Gasteiger partial charge in [0.2, 0.25) is 5.88 Å². The summed E-state index contributed by atoms with van der Waals surface area (Å²) in [5.41, 5.74) is 1.62. The molecule has 28 heavy (non-hydrogen) atoms. The molecule has 8 nitrogen and oxygen atoms in total. The smallest absolute Gasteiger partial charge is 0.270 e. The molecule has 0 fully saturated rings. The van der Waals surface area contributed by atoms with Crippen LogP contribution in [0.2, 0.25) is 0 Å². The molecule has 0 aliphatic rings. The normalized spacial score (nSPS) is 10.9. The molecule has 10 heteroatoms. The quantitative estimate of drug-likeness (QED) is 0.502. The number of nitrogens with one attached hydrogen (secondary N) is 1. The van der Waals surface area contributed by atoms with Gasteiger partial charge in [-0.1, -0.05) is 0 Å². The minimum Gasteiger partial charge on any atom is -0.475 e. The van der Waals surface area contributed by atoms with Gasteiger partial charge in [0.15, 0.2) is 11.5 Å². The lowest BCUT2D eigenvalue weighted by atomic mass is 10.2. The molecule has 0 saturated carbocycles. The highest BCUT2D eigenvalue weighted by molar-refractivity contribution is 7.09. The van der Waals surface area contributed by atoms with E-state index in [1.165, 1.54) is 28.0 Å². The van der Waals surface area contributed by atoms with Crippen molar-refractivity contribution in [3.05, 3.63) is 58.3 Å². The van der Waals surface area contributed by atoms with Gasteiger partial charge in [-0.05, 0) is 37.3 Å². The molecule has 0 unspecified atom stereocenters. The molecule has 1 N–H and O–H groups in total. The summed E-state index contributed by atoms with van der Waals surface area (Å²) in [6.45, 7) is 2.39. The molecule has 3 aromatic heterocycles. The number of carbonyl (C=O) groups is 1. The van der Waals surface area contributed by atoms with Gasteiger partial charge < -0.3 is 10.1 Å². The Balaban J connectivity index is 1.41. The molecule has 1 aromatic carbocycles. The lowest BCUT2D eigenvalue weighted by molar-refractivity contribution is 0.0942. The van der Waals surface area contributed by atoms with Crippen molar-refractivity contribution in [1.29, 1.82) is 0 Å². The van der Waals surface area contributed by atoms with Crippen LogP contribution in [-0.2, 0) is 0 Å². The molecule has 4 rings (SSSR count). The summed E-state index contributed by atoms with van der Waals surface area (Å²) in [5, 5.41) is 17.8. The summed E-state index contributed by atoms with van der Waals surface area (Å²) in [6, 6.07) is 9.31. The number of aromatic nitrogens is 5. The minimum absolute atomic E-state index is 0.237. The standard InChI is InChI=1S/C18H15FN6O2S/c1-11-21-14(10-28-11)18(26)20-8-9-27-16-7-6-15-22-23-17(25(15)24-16)12-2-4-13(19)5-3-12/h2-7,10H,8-9H2,1H3,(H,20,26). The fraction of sp³-hybridized carbons (Fsp3) is 0.167. The predicted octanol–water partition coefficient (Wildman–Crippen LogP) is 2.50. The van der Waals surface area contributed by atoms with Crippen LogP contribution < -0.4 is 10.1 Å². The molecule has 3 heterocycles. The number of amides is 1. The number of thiazole rings is 1. The summed E-state index contributed by atoms with van der Waals surface area (Å²) in [7, 11) is 0. The van der Waals surface area contributed by atoms with Gasteiger partial charge in [0.05, 0.1) is 11.6 Å². The van der Waals surface area contributed by atoms with Crippen LogP contribution in [-0.4, -0.2) is 43.9 Å². The van der Waals surface area contributed by atoms with E-state index in [2.05, 4.69) is 25.6 Å². The van der Waals surface area contributed by atoms with Crippen LogP contribution in [0.15, 0.2) is 41.8 Å². The fourth-order valence-electron chi connectivity index (χ4n) is 2.51. The van der Waals surface area contributed by atoms with E-state index in [-0.39, 0.29) is 18.3 Å². The van der Waals surface area contributed by atoms with Gasteiger partial charge in [0, 0.05) is 17.0 Å². The number of carbonyl (C=O) groups excluding carboxylic acids is 1. The Morgan fingerprint density at radius 3 is 2.79 bits per heavy atom. The van der Waals surface area contributed by atoms with Crippen molar-refractivity contribution < 1.29 is 13.9 Å². The van der Waals surface area contributed by atoms with Gasteiger partial charge >= 0.3 is 0 Å². The third-order valence-corrected chi connectivity index (χ3v) is 4.60. The summed E-state index contributed by atoms with van der Waals surface area (Å²) < 4.78 is 20.3. The number of rotatable bonds is 6.